The Morgan fingerprint density at radius 3 is 2.83 bits per heavy atom. The number of methoxy groups -OCH3 is 1. The lowest BCUT2D eigenvalue weighted by atomic mass is 10.4. The third kappa shape index (κ3) is 2.39. The number of rotatable bonds is 3. The number of nitrogens with zero attached hydrogens (tertiary/aromatic N) is 1. The van der Waals surface area contributed by atoms with Gasteiger partial charge in [-0.3, -0.25) is 4.98 Å². The molecule has 1 unspecified atom stereocenters. The van der Waals surface area contributed by atoms with Crippen molar-refractivity contribution in [3.63, 3.8) is 0 Å². The summed E-state index contributed by atoms with van der Waals surface area (Å²) in [6, 6.07) is 1.47. The van der Waals surface area contributed by atoms with Crippen LogP contribution in [0.2, 0.25) is 0 Å². The van der Waals surface area contributed by atoms with E-state index in [1.54, 1.807) is 14.0 Å². The maximum atomic E-state index is 9.02. The van der Waals surface area contributed by atoms with Gasteiger partial charge in [-0.25, -0.2) is 0 Å². The summed E-state index contributed by atoms with van der Waals surface area (Å²) in [6.07, 6.45) is 2.51. The van der Waals surface area contributed by atoms with Gasteiger partial charge in [0.1, 0.15) is 11.5 Å². The fourth-order valence-corrected chi connectivity index (χ4v) is 0.712. The molecule has 0 aliphatic rings. The molecule has 1 heterocycles. The Bertz CT molecular complexity index is 252. The number of aromatic hydroxyl groups is 1. The minimum atomic E-state index is -0.339. The Balaban J connectivity index is 2.63. The van der Waals surface area contributed by atoms with Crippen LogP contribution in [0.15, 0.2) is 18.5 Å². The van der Waals surface area contributed by atoms with Gasteiger partial charge in [-0.15, -0.1) is 0 Å². The van der Waals surface area contributed by atoms with Crippen molar-refractivity contribution in [2.24, 2.45) is 0 Å². The number of ether oxygens (including phenoxy) is 2. The fraction of sp³-hybridized carbons (Fsp3) is 0.375. The minimum absolute atomic E-state index is 0.0794. The average Bonchev–Trinajstić information content (AvgIpc) is 2.04. The van der Waals surface area contributed by atoms with E-state index in [-0.39, 0.29) is 12.0 Å². The maximum absolute atomic E-state index is 9.02. The third-order valence-electron chi connectivity index (χ3n) is 1.33. The zero-order valence-electron chi connectivity index (χ0n) is 7.02. The van der Waals surface area contributed by atoms with Crippen molar-refractivity contribution in [3.05, 3.63) is 18.5 Å². The second-order valence-corrected chi connectivity index (χ2v) is 2.30. The van der Waals surface area contributed by atoms with Gasteiger partial charge in [0.05, 0.1) is 12.4 Å². The van der Waals surface area contributed by atoms with Crippen molar-refractivity contribution in [2.45, 2.75) is 13.2 Å². The zero-order valence-corrected chi connectivity index (χ0v) is 7.02. The van der Waals surface area contributed by atoms with E-state index in [1.807, 2.05) is 0 Å². The highest BCUT2D eigenvalue weighted by atomic mass is 16.7. The van der Waals surface area contributed by atoms with Gasteiger partial charge < -0.3 is 14.6 Å². The largest absolute Gasteiger partial charge is 0.506 e. The summed E-state index contributed by atoms with van der Waals surface area (Å²) in [4.78, 5) is 3.74. The first-order valence-electron chi connectivity index (χ1n) is 3.56. The molecule has 0 aliphatic carbocycles. The molecule has 0 bridgehead atoms. The number of pyridine rings is 1. The molecule has 1 atom stereocenters. The summed E-state index contributed by atoms with van der Waals surface area (Å²) in [7, 11) is 1.54. The molecule has 0 spiro atoms. The van der Waals surface area contributed by atoms with Gasteiger partial charge in [0.15, 0.2) is 6.29 Å². The Kier molecular flexibility index (Phi) is 2.88. The Labute approximate surface area is 70.8 Å². The van der Waals surface area contributed by atoms with Crippen molar-refractivity contribution in [1.29, 1.82) is 0 Å². The van der Waals surface area contributed by atoms with Crippen LogP contribution in [0.5, 0.6) is 11.5 Å². The van der Waals surface area contributed by atoms with Crippen molar-refractivity contribution in [2.75, 3.05) is 7.11 Å². The lowest BCUT2D eigenvalue weighted by molar-refractivity contribution is -0.0385. The summed E-state index contributed by atoms with van der Waals surface area (Å²) in [5.74, 6) is 0.570. The first-order valence-corrected chi connectivity index (χ1v) is 3.56. The molecule has 66 valence electrons. The highest BCUT2D eigenvalue weighted by Crippen LogP contribution is 2.16. The summed E-state index contributed by atoms with van der Waals surface area (Å²) in [5.41, 5.74) is 0. The first kappa shape index (κ1) is 8.80. The normalized spacial score (nSPS) is 12.5. The number of hydrogen-bond donors (Lipinski definition) is 1. The van der Waals surface area contributed by atoms with Crippen LogP contribution >= 0.6 is 0 Å². The summed E-state index contributed by atoms with van der Waals surface area (Å²) < 4.78 is 10.1. The number of hydrogen-bond acceptors (Lipinski definition) is 4. The van der Waals surface area contributed by atoms with E-state index in [0.717, 1.165) is 0 Å². The molecule has 12 heavy (non-hydrogen) atoms. The van der Waals surface area contributed by atoms with Crippen LogP contribution in [0.3, 0.4) is 0 Å². The predicted octanol–water partition coefficient (Wildman–Crippen LogP) is 1.16. The SMILES string of the molecule is COC(C)Oc1cncc(O)c1. The fourth-order valence-electron chi connectivity index (χ4n) is 0.712. The van der Waals surface area contributed by atoms with Gasteiger partial charge in [0.25, 0.3) is 0 Å². The third-order valence-corrected chi connectivity index (χ3v) is 1.33. The molecule has 0 fully saturated rings. The lowest BCUT2D eigenvalue weighted by Crippen LogP contribution is -2.13. The molecule has 4 nitrogen and oxygen atoms in total. The van der Waals surface area contributed by atoms with Crippen LogP contribution in [0.1, 0.15) is 6.92 Å². The van der Waals surface area contributed by atoms with E-state index in [4.69, 9.17) is 14.6 Å². The molecule has 0 aromatic carbocycles. The van der Waals surface area contributed by atoms with Gasteiger partial charge in [0.2, 0.25) is 0 Å². The lowest BCUT2D eigenvalue weighted by Gasteiger charge is -2.11. The highest BCUT2D eigenvalue weighted by Gasteiger charge is 2.01. The van der Waals surface area contributed by atoms with E-state index in [1.165, 1.54) is 18.5 Å². The topological polar surface area (TPSA) is 51.6 Å². The van der Waals surface area contributed by atoms with Crippen LogP contribution in [0.25, 0.3) is 0 Å². The molecule has 0 radical (unpaired) electrons. The molecule has 0 aliphatic heterocycles. The van der Waals surface area contributed by atoms with Crippen LogP contribution in [0, 0.1) is 0 Å². The van der Waals surface area contributed by atoms with Crippen molar-refractivity contribution >= 4 is 0 Å². The molecular formula is C8H11NO3. The zero-order chi connectivity index (χ0) is 8.97. The van der Waals surface area contributed by atoms with Crippen molar-refractivity contribution < 1.29 is 14.6 Å². The van der Waals surface area contributed by atoms with E-state index in [0.29, 0.717) is 5.75 Å². The van der Waals surface area contributed by atoms with E-state index < -0.39 is 0 Å². The van der Waals surface area contributed by atoms with Crippen LogP contribution in [-0.4, -0.2) is 23.5 Å². The first-order chi connectivity index (χ1) is 5.72. The monoisotopic (exact) mass is 169 g/mol. The second-order valence-electron chi connectivity index (χ2n) is 2.30. The van der Waals surface area contributed by atoms with Crippen molar-refractivity contribution in [1.82, 2.24) is 4.98 Å². The Hall–Kier alpha value is -1.29. The van der Waals surface area contributed by atoms with Crippen LogP contribution in [0.4, 0.5) is 0 Å². The van der Waals surface area contributed by atoms with Gasteiger partial charge >= 0.3 is 0 Å². The van der Waals surface area contributed by atoms with Gasteiger partial charge in [0, 0.05) is 13.2 Å². The summed E-state index contributed by atoms with van der Waals surface area (Å²) in [5, 5.41) is 9.02. The minimum Gasteiger partial charge on any atom is -0.506 e. The summed E-state index contributed by atoms with van der Waals surface area (Å²) >= 11 is 0. The Morgan fingerprint density at radius 1 is 1.50 bits per heavy atom. The van der Waals surface area contributed by atoms with Crippen LogP contribution < -0.4 is 4.74 Å². The smallest absolute Gasteiger partial charge is 0.196 e. The van der Waals surface area contributed by atoms with Crippen molar-refractivity contribution in [3.8, 4) is 11.5 Å². The molecule has 0 saturated heterocycles. The van der Waals surface area contributed by atoms with Gasteiger partial charge in [-0.2, -0.15) is 0 Å². The molecule has 1 aromatic heterocycles. The summed E-state index contributed by atoms with van der Waals surface area (Å²) in [6.45, 7) is 1.75. The molecule has 1 N–H and O–H groups in total. The second kappa shape index (κ2) is 3.92. The maximum Gasteiger partial charge on any atom is 0.196 e. The highest BCUT2D eigenvalue weighted by molar-refractivity contribution is 5.26. The molecule has 1 aromatic rings. The standard InChI is InChI=1S/C8H11NO3/c1-6(11-2)12-8-3-7(10)4-9-5-8/h3-6,10H,1-2H3. The molecule has 0 amide bonds. The van der Waals surface area contributed by atoms with E-state index in [2.05, 4.69) is 4.98 Å². The van der Waals surface area contributed by atoms with Crippen LogP contribution in [-0.2, 0) is 4.74 Å². The molecule has 1 rings (SSSR count). The van der Waals surface area contributed by atoms with E-state index >= 15 is 0 Å². The molecular weight excluding hydrogens is 158 g/mol. The predicted molar refractivity (Wildman–Crippen MR) is 43.0 cm³/mol. The molecule has 0 saturated carbocycles. The van der Waals surface area contributed by atoms with Gasteiger partial charge in [-0.1, -0.05) is 0 Å². The molecule has 4 heteroatoms. The average molecular weight is 169 g/mol. The quantitative estimate of drug-likeness (QED) is 0.690. The van der Waals surface area contributed by atoms with Gasteiger partial charge in [-0.05, 0) is 6.92 Å². The Morgan fingerprint density at radius 2 is 2.25 bits per heavy atom. The number of aromatic nitrogens is 1. The van der Waals surface area contributed by atoms with E-state index in [9.17, 15) is 0 Å².